The molecule has 0 saturated carbocycles. The summed E-state index contributed by atoms with van der Waals surface area (Å²) in [6.45, 7) is 2.87. The van der Waals surface area contributed by atoms with E-state index in [1.807, 2.05) is 49.4 Å². The van der Waals surface area contributed by atoms with E-state index in [4.69, 9.17) is 4.74 Å². The van der Waals surface area contributed by atoms with Crippen LogP contribution in [0.3, 0.4) is 0 Å². The Bertz CT molecular complexity index is 695. The maximum Gasteiger partial charge on any atom is 0.319 e. The number of fused-ring (bicyclic) bond motifs is 1. The zero-order valence-electron chi connectivity index (χ0n) is 14.7. The molecule has 0 aliphatic heterocycles. The summed E-state index contributed by atoms with van der Waals surface area (Å²) in [5.74, 6) is -0.130. The van der Waals surface area contributed by atoms with Gasteiger partial charge in [0.1, 0.15) is 0 Å². The van der Waals surface area contributed by atoms with E-state index in [-0.39, 0.29) is 12.0 Å². The summed E-state index contributed by atoms with van der Waals surface area (Å²) >= 11 is 0. The zero-order chi connectivity index (χ0) is 17.9. The van der Waals surface area contributed by atoms with E-state index >= 15 is 0 Å². The monoisotopic (exact) mass is 342 g/mol. The number of carbonyl (C=O) groups excluding carboxylic acids is 2. The van der Waals surface area contributed by atoms with E-state index in [1.165, 1.54) is 0 Å². The van der Waals surface area contributed by atoms with E-state index in [2.05, 4.69) is 10.6 Å². The van der Waals surface area contributed by atoms with Crippen molar-refractivity contribution < 1.29 is 14.3 Å². The Kier molecular flexibility index (Phi) is 7.76. The van der Waals surface area contributed by atoms with Crippen LogP contribution in [0.25, 0.3) is 10.8 Å². The van der Waals surface area contributed by atoms with Crippen molar-refractivity contribution in [2.75, 3.05) is 18.5 Å². The summed E-state index contributed by atoms with van der Waals surface area (Å²) in [5.41, 5.74) is 0.810. The average Bonchev–Trinajstić information content (AvgIpc) is 2.61. The van der Waals surface area contributed by atoms with Crippen LogP contribution in [0.15, 0.2) is 42.5 Å². The second kappa shape index (κ2) is 10.3. The number of benzene rings is 2. The van der Waals surface area contributed by atoms with E-state index in [0.717, 1.165) is 42.1 Å². The van der Waals surface area contributed by atoms with Crippen molar-refractivity contribution in [2.24, 2.45) is 0 Å². The minimum absolute atomic E-state index is 0.130. The van der Waals surface area contributed by atoms with Gasteiger partial charge in [0.05, 0.1) is 12.3 Å². The summed E-state index contributed by atoms with van der Waals surface area (Å²) in [5, 5.41) is 7.90. The normalized spacial score (nSPS) is 10.4. The molecule has 0 heterocycles. The molecule has 25 heavy (non-hydrogen) atoms. The molecule has 0 spiro atoms. The lowest BCUT2D eigenvalue weighted by Gasteiger charge is -2.10. The lowest BCUT2D eigenvalue weighted by Crippen LogP contribution is -2.29. The van der Waals surface area contributed by atoms with E-state index < -0.39 is 0 Å². The highest BCUT2D eigenvalue weighted by atomic mass is 16.5. The maximum atomic E-state index is 12.0. The molecule has 0 aromatic heterocycles. The van der Waals surface area contributed by atoms with Crippen LogP contribution < -0.4 is 10.6 Å². The summed E-state index contributed by atoms with van der Waals surface area (Å²) in [6.07, 6.45) is 4.15. The largest absolute Gasteiger partial charge is 0.466 e. The number of rotatable bonds is 9. The zero-order valence-corrected chi connectivity index (χ0v) is 14.7. The predicted octanol–water partition coefficient (Wildman–Crippen LogP) is 4.47. The molecular formula is C20H26N2O3. The van der Waals surface area contributed by atoms with Gasteiger partial charge < -0.3 is 15.4 Å². The van der Waals surface area contributed by atoms with Gasteiger partial charge in [-0.2, -0.15) is 0 Å². The molecule has 2 amide bonds. The van der Waals surface area contributed by atoms with E-state index in [9.17, 15) is 9.59 Å². The van der Waals surface area contributed by atoms with Gasteiger partial charge in [-0.15, -0.1) is 0 Å². The van der Waals surface area contributed by atoms with Crippen LogP contribution in [-0.2, 0) is 9.53 Å². The Morgan fingerprint density at radius 3 is 2.56 bits per heavy atom. The predicted molar refractivity (Wildman–Crippen MR) is 101 cm³/mol. The number of hydrogen-bond acceptors (Lipinski definition) is 3. The number of unbranched alkanes of at least 4 members (excludes halogenated alkanes) is 3. The van der Waals surface area contributed by atoms with E-state index in [0.29, 0.717) is 19.6 Å². The van der Waals surface area contributed by atoms with Crippen molar-refractivity contribution in [2.45, 2.75) is 39.0 Å². The SMILES string of the molecule is CCOC(=O)CCCCCCNC(=O)Nc1cccc2ccccc12. The van der Waals surface area contributed by atoms with Crippen LogP contribution in [0.5, 0.6) is 0 Å². The first-order chi connectivity index (χ1) is 12.2. The third kappa shape index (κ3) is 6.45. The van der Waals surface area contributed by atoms with Crippen LogP contribution in [0.1, 0.15) is 39.0 Å². The molecule has 0 unspecified atom stereocenters. The van der Waals surface area contributed by atoms with Crippen molar-refractivity contribution in [3.8, 4) is 0 Å². The average molecular weight is 342 g/mol. The van der Waals surface area contributed by atoms with Gasteiger partial charge in [-0.3, -0.25) is 4.79 Å². The number of carbonyl (C=O) groups is 2. The molecule has 5 nitrogen and oxygen atoms in total. The van der Waals surface area contributed by atoms with E-state index in [1.54, 1.807) is 0 Å². The molecule has 0 atom stereocenters. The Morgan fingerprint density at radius 2 is 1.72 bits per heavy atom. The van der Waals surface area contributed by atoms with Crippen molar-refractivity contribution in [1.82, 2.24) is 5.32 Å². The fourth-order valence-electron chi connectivity index (χ4n) is 2.68. The molecule has 0 fully saturated rings. The van der Waals surface area contributed by atoms with Crippen LogP contribution in [-0.4, -0.2) is 25.2 Å². The second-order valence-corrected chi connectivity index (χ2v) is 5.88. The minimum atomic E-state index is -0.192. The topological polar surface area (TPSA) is 67.4 Å². The molecule has 0 aliphatic carbocycles. The highest BCUT2D eigenvalue weighted by molar-refractivity contribution is 6.01. The highest BCUT2D eigenvalue weighted by Gasteiger charge is 2.05. The summed E-state index contributed by atoms with van der Waals surface area (Å²) in [4.78, 5) is 23.2. The molecule has 2 aromatic rings. The van der Waals surface area contributed by atoms with Gasteiger partial charge in [0.15, 0.2) is 0 Å². The maximum absolute atomic E-state index is 12.0. The number of urea groups is 1. The second-order valence-electron chi connectivity index (χ2n) is 5.88. The number of anilines is 1. The Balaban J connectivity index is 1.63. The molecular weight excluding hydrogens is 316 g/mol. The van der Waals surface area contributed by atoms with Crippen molar-refractivity contribution in [1.29, 1.82) is 0 Å². The summed E-state index contributed by atoms with van der Waals surface area (Å²) < 4.78 is 4.88. The first-order valence-electron chi connectivity index (χ1n) is 8.89. The highest BCUT2D eigenvalue weighted by Crippen LogP contribution is 2.22. The van der Waals surface area contributed by atoms with Crippen molar-refractivity contribution in [3.05, 3.63) is 42.5 Å². The molecule has 0 aliphatic rings. The van der Waals surface area contributed by atoms with Crippen LogP contribution in [0.2, 0.25) is 0 Å². The molecule has 0 bridgehead atoms. The molecule has 0 saturated heterocycles. The van der Waals surface area contributed by atoms with Gasteiger partial charge in [0.2, 0.25) is 0 Å². The Hall–Kier alpha value is -2.56. The molecule has 2 N–H and O–H groups in total. The number of esters is 1. The molecule has 2 rings (SSSR count). The van der Waals surface area contributed by atoms with Crippen molar-refractivity contribution >= 4 is 28.5 Å². The van der Waals surface area contributed by atoms with Crippen LogP contribution >= 0.6 is 0 Å². The van der Waals surface area contributed by atoms with Gasteiger partial charge in [0, 0.05) is 18.4 Å². The minimum Gasteiger partial charge on any atom is -0.466 e. The molecule has 5 heteroatoms. The van der Waals surface area contributed by atoms with Gasteiger partial charge in [-0.1, -0.05) is 49.2 Å². The van der Waals surface area contributed by atoms with Gasteiger partial charge in [-0.05, 0) is 31.2 Å². The third-order valence-corrected chi connectivity index (χ3v) is 3.94. The first-order valence-corrected chi connectivity index (χ1v) is 8.89. The van der Waals surface area contributed by atoms with Gasteiger partial charge in [-0.25, -0.2) is 4.79 Å². The number of nitrogens with one attached hydrogen (secondary N) is 2. The number of ether oxygens (including phenoxy) is 1. The van der Waals surface area contributed by atoms with Crippen LogP contribution in [0.4, 0.5) is 10.5 Å². The first kappa shape index (κ1) is 18.8. The Labute approximate surface area is 148 Å². The number of amides is 2. The summed E-state index contributed by atoms with van der Waals surface area (Å²) in [7, 11) is 0. The van der Waals surface area contributed by atoms with Gasteiger partial charge >= 0.3 is 12.0 Å². The summed E-state index contributed by atoms with van der Waals surface area (Å²) in [6, 6.07) is 13.6. The van der Waals surface area contributed by atoms with Crippen molar-refractivity contribution in [3.63, 3.8) is 0 Å². The standard InChI is InChI=1S/C20H26N2O3/c1-2-25-19(23)14-5-3-4-8-15-21-20(24)22-18-13-9-11-16-10-6-7-12-17(16)18/h6-7,9-13H,2-5,8,14-15H2,1H3,(H2,21,22,24). The van der Waals surface area contributed by atoms with Crippen LogP contribution in [0, 0.1) is 0 Å². The van der Waals surface area contributed by atoms with Gasteiger partial charge in [0.25, 0.3) is 0 Å². The smallest absolute Gasteiger partial charge is 0.319 e. The quantitative estimate of drug-likeness (QED) is 0.522. The Morgan fingerprint density at radius 1 is 0.960 bits per heavy atom. The number of hydrogen-bond donors (Lipinski definition) is 2. The lowest BCUT2D eigenvalue weighted by atomic mass is 10.1. The lowest BCUT2D eigenvalue weighted by molar-refractivity contribution is -0.143. The molecule has 2 aromatic carbocycles. The molecule has 134 valence electrons. The molecule has 0 radical (unpaired) electrons. The third-order valence-electron chi connectivity index (χ3n) is 3.94. The fraction of sp³-hybridized carbons (Fsp3) is 0.400. The fourth-order valence-corrected chi connectivity index (χ4v) is 2.68.